The lowest BCUT2D eigenvalue weighted by atomic mass is 10.2. The van der Waals surface area contributed by atoms with Gasteiger partial charge in [-0.25, -0.2) is 4.79 Å². The second-order valence-corrected chi connectivity index (χ2v) is 6.16. The van der Waals surface area contributed by atoms with Crippen LogP contribution < -0.4 is 5.32 Å². The van der Waals surface area contributed by atoms with Gasteiger partial charge in [0.15, 0.2) is 0 Å². The molecule has 0 fully saturated rings. The molecule has 18 heavy (non-hydrogen) atoms. The van der Waals surface area contributed by atoms with Crippen molar-refractivity contribution in [2.45, 2.75) is 3.79 Å². The highest BCUT2D eigenvalue weighted by atomic mass is 35.6. The van der Waals surface area contributed by atoms with E-state index in [1.54, 1.807) is 0 Å². The normalized spacial score (nSPS) is 11.2. The van der Waals surface area contributed by atoms with E-state index in [0.717, 1.165) is 6.07 Å². The molecule has 0 heterocycles. The molecule has 1 aromatic rings. The number of amides is 1. The van der Waals surface area contributed by atoms with E-state index in [4.69, 9.17) is 63.1 Å². The largest absolute Gasteiger partial charge is 0.478 e. The molecular weight excluding hydrogens is 347 g/mol. The number of aromatic carboxylic acids is 1. The van der Waals surface area contributed by atoms with Crippen molar-refractivity contribution in [2.24, 2.45) is 0 Å². The van der Waals surface area contributed by atoms with Gasteiger partial charge in [0.25, 0.3) is 9.70 Å². The molecular formula is C9H4Cl5NO3. The number of hydrogen-bond donors (Lipinski definition) is 2. The topological polar surface area (TPSA) is 66.4 Å². The number of nitrogens with one attached hydrogen (secondary N) is 1. The van der Waals surface area contributed by atoms with Gasteiger partial charge in [-0.15, -0.1) is 0 Å². The van der Waals surface area contributed by atoms with Crippen LogP contribution in [0.4, 0.5) is 5.69 Å². The van der Waals surface area contributed by atoms with Crippen molar-refractivity contribution in [3.8, 4) is 0 Å². The van der Waals surface area contributed by atoms with Crippen LogP contribution in [0.5, 0.6) is 0 Å². The molecule has 0 atom stereocenters. The third kappa shape index (κ3) is 3.80. The number of carbonyl (C=O) groups excluding carboxylic acids is 1. The van der Waals surface area contributed by atoms with Crippen LogP contribution in [0.3, 0.4) is 0 Å². The quantitative estimate of drug-likeness (QED) is 0.792. The van der Waals surface area contributed by atoms with E-state index in [9.17, 15) is 9.59 Å². The van der Waals surface area contributed by atoms with Gasteiger partial charge >= 0.3 is 5.97 Å². The molecule has 0 aliphatic carbocycles. The average Bonchev–Trinajstić information content (AvgIpc) is 2.19. The van der Waals surface area contributed by atoms with Crippen LogP contribution in [0, 0.1) is 0 Å². The van der Waals surface area contributed by atoms with Crippen molar-refractivity contribution < 1.29 is 14.7 Å². The van der Waals surface area contributed by atoms with Crippen LogP contribution >= 0.6 is 58.0 Å². The maximum absolute atomic E-state index is 11.4. The summed E-state index contributed by atoms with van der Waals surface area (Å²) < 4.78 is -2.19. The van der Waals surface area contributed by atoms with E-state index in [-0.39, 0.29) is 21.3 Å². The Morgan fingerprint density at radius 2 is 1.67 bits per heavy atom. The number of hydrogen-bond acceptors (Lipinski definition) is 2. The first-order valence-corrected chi connectivity index (χ1v) is 6.12. The van der Waals surface area contributed by atoms with Gasteiger partial charge in [-0.2, -0.15) is 0 Å². The Kier molecular flexibility index (Phi) is 4.98. The lowest BCUT2D eigenvalue weighted by Crippen LogP contribution is -2.27. The van der Waals surface area contributed by atoms with E-state index >= 15 is 0 Å². The minimum Gasteiger partial charge on any atom is -0.478 e. The van der Waals surface area contributed by atoms with Crippen LogP contribution in [0.15, 0.2) is 12.1 Å². The zero-order chi connectivity index (χ0) is 14.1. The van der Waals surface area contributed by atoms with Gasteiger partial charge < -0.3 is 10.4 Å². The summed E-state index contributed by atoms with van der Waals surface area (Å²) in [5.41, 5.74) is -0.254. The van der Waals surface area contributed by atoms with Crippen LogP contribution in [0.25, 0.3) is 0 Å². The fourth-order valence-corrected chi connectivity index (χ4v) is 1.65. The van der Waals surface area contributed by atoms with Gasteiger partial charge in [0.05, 0.1) is 21.3 Å². The second-order valence-electron chi connectivity index (χ2n) is 3.07. The lowest BCUT2D eigenvalue weighted by Gasteiger charge is -2.13. The summed E-state index contributed by atoms with van der Waals surface area (Å²) in [6, 6.07) is 2.24. The summed E-state index contributed by atoms with van der Waals surface area (Å²) in [5.74, 6) is -2.24. The summed E-state index contributed by atoms with van der Waals surface area (Å²) in [6.07, 6.45) is 0. The Morgan fingerprint density at radius 3 is 2.11 bits per heavy atom. The molecule has 1 amide bonds. The zero-order valence-electron chi connectivity index (χ0n) is 8.31. The molecule has 0 saturated heterocycles. The molecule has 98 valence electrons. The highest BCUT2D eigenvalue weighted by Crippen LogP contribution is 2.32. The van der Waals surface area contributed by atoms with E-state index < -0.39 is 15.7 Å². The first-order chi connectivity index (χ1) is 8.12. The number of anilines is 1. The van der Waals surface area contributed by atoms with Crippen molar-refractivity contribution in [2.75, 3.05) is 5.32 Å². The van der Waals surface area contributed by atoms with Gasteiger partial charge in [-0.05, 0) is 12.1 Å². The molecule has 1 aromatic carbocycles. The Labute approximate surface area is 127 Å². The molecule has 0 radical (unpaired) electrons. The van der Waals surface area contributed by atoms with E-state index in [0.29, 0.717) is 0 Å². The molecule has 1 rings (SSSR count). The number of halogens is 5. The average molecular weight is 351 g/mol. The van der Waals surface area contributed by atoms with Gasteiger partial charge in [0, 0.05) is 0 Å². The molecule has 0 unspecified atom stereocenters. The molecule has 0 aromatic heterocycles. The summed E-state index contributed by atoms with van der Waals surface area (Å²) in [4.78, 5) is 22.3. The first kappa shape index (κ1) is 15.7. The minimum atomic E-state index is -2.19. The Hall–Kier alpha value is -0.390. The van der Waals surface area contributed by atoms with Gasteiger partial charge in [0.2, 0.25) is 0 Å². The third-order valence-corrected chi connectivity index (χ3v) is 2.93. The van der Waals surface area contributed by atoms with Gasteiger partial charge in [-0.3, -0.25) is 4.79 Å². The molecule has 4 nitrogen and oxygen atoms in total. The summed E-state index contributed by atoms with van der Waals surface area (Å²) >= 11 is 27.5. The van der Waals surface area contributed by atoms with Crippen LogP contribution in [-0.4, -0.2) is 20.8 Å². The molecule has 0 aliphatic heterocycles. The number of carbonyl (C=O) groups is 2. The number of benzene rings is 1. The molecule has 0 saturated carbocycles. The van der Waals surface area contributed by atoms with Crippen molar-refractivity contribution in [3.05, 3.63) is 27.7 Å². The number of carboxylic acid groups (broad SMARTS) is 1. The summed E-state index contributed by atoms with van der Waals surface area (Å²) in [6.45, 7) is 0. The predicted octanol–water partition coefficient (Wildman–Crippen LogP) is 4.00. The lowest BCUT2D eigenvalue weighted by molar-refractivity contribution is -0.115. The molecule has 0 spiro atoms. The van der Waals surface area contributed by atoms with Crippen molar-refractivity contribution in [1.82, 2.24) is 0 Å². The van der Waals surface area contributed by atoms with E-state index in [1.165, 1.54) is 6.07 Å². The predicted molar refractivity (Wildman–Crippen MR) is 72.3 cm³/mol. The Balaban J connectivity index is 3.14. The molecule has 0 bridgehead atoms. The minimum absolute atomic E-state index is 0.0187. The van der Waals surface area contributed by atoms with Crippen molar-refractivity contribution in [3.63, 3.8) is 0 Å². The summed E-state index contributed by atoms with van der Waals surface area (Å²) in [5, 5.41) is 11.0. The zero-order valence-corrected chi connectivity index (χ0v) is 12.1. The maximum atomic E-state index is 11.4. The SMILES string of the molecule is O=C(O)c1cc(NC(=O)C(Cl)(Cl)Cl)c(Cl)cc1Cl. The second kappa shape index (κ2) is 5.72. The smallest absolute Gasteiger partial charge is 0.337 e. The monoisotopic (exact) mass is 349 g/mol. The highest BCUT2D eigenvalue weighted by Gasteiger charge is 2.31. The fourth-order valence-electron chi connectivity index (χ4n) is 1.00. The van der Waals surface area contributed by atoms with Crippen LogP contribution in [0.2, 0.25) is 10.0 Å². The fraction of sp³-hybridized carbons (Fsp3) is 0.111. The van der Waals surface area contributed by atoms with Gasteiger partial charge in [-0.1, -0.05) is 58.0 Å². The van der Waals surface area contributed by atoms with E-state index in [2.05, 4.69) is 5.32 Å². The number of carboxylic acids is 1. The number of alkyl halides is 3. The maximum Gasteiger partial charge on any atom is 0.337 e. The van der Waals surface area contributed by atoms with E-state index in [1.807, 2.05) is 0 Å². The summed E-state index contributed by atoms with van der Waals surface area (Å²) in [7, 11) is 0. The highest BCUT2D eigenvalue weighted by molar-refractivity contribution is 6.76. The molecule has 2 N–H and O–H groups in total. The standard InChI is InChI=1S/C9H4Cl5NO3/c10-4-2-5(11)6(1-3(4)7(16)17)15-8(18)9(12,13)14/h1-2H,(H,15,18)(H,16,17). The van der Waals surface area contributed by atoms with Crippen LogP contribution in [-0.2, 0) is 4.79 Å². The first-order valence-electron chi connectivity index (χ1n) is 4.23. The van der Waals surface area contributed by atoms with Gasteiger partial charge in [0.1, 0.15) is 0 Å². The Morgan fingerprint density at radius 1 is 1.11 bits per heavy atom. The van der Waals surface area contributed by atoms with Crippen molar-refractivity contribution in [1.29, 1.82) is 0 Å². The van der Waals surface area contributed by atoms with Crippen LogP contribution in [0.1, 0.15) is 10.4 Å². The Bertz CT molecular complexity index is 512. The van der Waals surface area contributed by atoms with Crippen molar-refractivity contribution >= 4 is 75.6 Å². The number of rotatable bonds is 2. The molecule has 0 aliphatic rings. The molecule has 9 heteroatoms. The third-order valence-electron chi connectivity index (χ3n) is 1.79.